The summed E-state index contributed by atoms with van der Waals surface area (Å²) in [4.78, 5) is 0. The van der Waals surface area contributed by atoms with Gasteiger partial charge in [0, 0.05) is 10.0 Å². The third-order valence-electron chi connectivity index (χ3n) is 2.02. The Hall–Kier alpha value is -0.320. The smallest absolute Gasteiger partial charge is 0.194 e. The molecule has 0 heterocycles. The molecule has 0 spiro atoms. The summed E-state index contributed by atoms with van der Waals surface area (Å²) >= 11 is 11.4. The van der Waals surface area contributed by atoms with Crippen LogP contribution in [0.4, 0.5) is 3.89 Å². The molecule has 84 valence electrons. The quantitative estimate of drug-likeness (QED) is 0.785. The van der Waals surface area contributed by atoms with E-state index in [4.69, 9.17) is 23.2 Å². The molecule has 0 aromatic heterocycles. The summed E-state index contributed by atoms with van der Waals surface area (Å²) in [6.07, 6.45) is 0.125. The molecule has 0 amide bonds. The molecule has 1 aromatic rings. The number of hydrogen-bond acceptors (Lipinski definition) is 2. The Kier molecular flexibility index (Phi) is 3.98. The van der Waals surface area contributed by atoms with Crippen LogP contribution in [0.5, 0.6) is 0 Å². The summed E-state index contributed by atoms with van der Waals surface area (Å²) in [5.74, 6) is 0. The van der Waals surface area contributed by atoms with Crippen molar-refractivity contribution < 1.29 is 12.3 Å². The molecule has 0 saturated heterocycles. The summed E-state index contributed by atoms with van der Waals surface area (Å²) in [5.41, 5.74) is 0.242. The maximum atomic E-state index is 12.9. The summed E-state index contributed by atoms with van der Waals surface area (Å²) in [6.45, 7) is 1.58. The second-order valence-corrected chi connectivity index (χ2v) is 5.40. The van der Waals surface area contributed by atoms with Crippen molar-refractivity contribution in [3.05, 3.63) is 33.8 Å². The van der Waals surface area contributed by atoms with E-state index in [1.54, 1.807) is 6.92 Å². The summed E-state index contributed by atoms with van der Waals surface area (Å²) in [6, 6.07) is 4.30. The van der Waals surface area contributed by atoms with Gasteiger partial charge in [0.2, 0.25) is 0 Å². The van der Waals surface area contributed by atoms with E-state index in [0.717, 1.165) is 0 Å². The SMILES string of the molecule is CCC(c1ccc(Cl)cc1Cl)S(=O)(=O)F. The van der Waals surface area contributed by atoms with Gasteiger partial charge in [-0.25, -0.2) is 0 Å². The molecule has 1 unspecified atom stereocenters. The van der Waals surface area contributed by atoms with Gasteiger partial charge in [-0.3, -0.25) is 0 Å². The van der Waals surface area contributed by atoms with Crippen LogP contribution in [0.1, 0.15) is 24.2 Å². The topological polar surface area (TPSA) is 34.1 Å². The zero-order valence-corrected chi connectivity index (χ0v) is 10.2. The van der Waals surface area contributed by atoms with E-state index in [1.165, 1.54) is 18.2 Å². The molecular formula is C9H9Cl2FO2S. The van der Waals surface area contributed by atoms with Gasteiger partial charge in [0.05, 0.1) is 0 Å². The Morgan fingerprint density at radius 1 is 1.40 bits per heavy atom. The van der Waals surface area contributed by atoms with E-state index in [-0.39, 0.29) is 17.0 Å². The van der Waals surface area contributed by atoms with Gasteiger partial charge in [-0.15, -0.1) is 3.89 Å². The zero-order valence-electron chi connectivity index (χ0n) is 7.88. The first-order valence-electron chi connectivity index (χ1n) is 4.24. The van der Waals surface area contributed by atoms with Crippen LogP contribution in [0.3, 0.4) is 0 Å². The van der Waals surface area contributed by atoms with E-state index in [0.29, 0.717) is 5.02 Å². The number of hydrogen-bond donors (Lipinski definition) is 0. The number of rotatable bonds is 3. The van der Waals surface area contributed by atoms with Gasteiger partial charge in [-0.1, -0.05) is 36.2 Å². The van der Waals surface area contributed by atoms with Gasteiger partial charge in [0.1, 0.15) is 5.25 Å². The van der Waals surface area contributed by atoms with Crippen molar-refractivity contribution in [3.8, 4) is 0 Å². The van der Waals surface area contributed by atoms with Gasteiger partial charge in [0.15, 0.2) is 0 Å². The highest BCUT2D eigenvalue weighted by atomic mass is 35.5. The van der Waals surface area contributed by atoms with Gasteiger partial charge >= 0.3 is 10.2 Å². The Balaban J connectivity index is 3.25. The standard InChI is InChI=1S/C9H9Cl2FO2S/c1-2-9(15(12,13)14)7-4-3-6(10)5-8(7)11/h3-5,9H,2H2,1H3. The Morgan fingerprint density at radius 3 is 2.40 bits per heavy atom. The molecule has 0 saturated carbocycles. The minimum atomic E-state index is -4.63. The van der Waals surface area contributed by atoms with Crippen molar-refractivity contribution >= 4 is 33.4 Å². The molecule has 0 aliphatic rings. The first-order valence-corrected chi connectivity index (χ1v) is 6.45. The van der Waals surface area contributed by atoms with E-state index in [2.05, 4.69) is 0 Å². The molecule has 6 heteroatoms. The van der Waals surface area contributed by atoms with E-state index in [1.807, 2.05) is 0 Å². The fourth-order valence-electron chi connectivity index (χ4n) is 1.33. The summed E-state index contributed by atoms with van der Waals surface area (Å²) < 4.78 is 34.6. The predicted octanol–water partition coefficient (Wildman–Crippen LogP) is 3.74. The third kappa shape index (κ3) is 3.06. The minimum Gasteiger partial charge on any atom is -0.194 e. The van der Waals surface area contributed by atoms with E-state index in [9.17, 15) is 12.3 Å². The van der Waals surface area contributed by atoms with Gasteiger partial charge in [0.25, 0.3) is 0 Å². The molecule has 1 aromatic carbocycles. The average Bonchev–Trinajstić information content (AvgIpc) is 2.07. The van der Waals surface area contributed by atoms with Crippen molar-refractivity contribution in [1.82, 2.24) is 0 Å². The number of benzene rings is 1. The van der Waals surface area contributed by atoms with Crippen molar-refractivity contribution in [2.24, 2.45) is 0 Å². The minimum absolute atomic E-state index is 0.125. The maximum Gasteiger partial charge on any atom is 0.309 e. The maximum absolute atomic E-state index is 12.9. The van der Waals surface area contributed by atoms with Crippen LogP contribution in [0.25, 0.3) is 0 Å². The zero-order chi connectivity index (χ0) is 11.6. The highest BCUT2D eigenvalue weighted by molar-refractivity contribution is 7.86. The molecular weight excluding hydrogens is 262 g/mol. The van der Waals surface area contributed by atoms with Crippen molar-refractivity contribution in [3.63, 3.8) is 0 Å². The molecule has 0 fully saturated rings. The molecule has 0 bridgehead atoms. The fraction of sp³-hybridized carbons (Fsp3) is 0.333. The van der Waals surface area contributed by atoms with Crippen molar-refractivity contribution in [2.75, 3.05) is 0 Å². The molecule has 0 N–H and O–H groups in total. The lowest BCUT2D eigenvalue weighted by Gasteiger charge is -2.12. The molecule has 1 rings (SSSR count). The Morgan fingerprint density at radius 2 is 2.00 bits per heavy atom. The van der Waals surface area contributed by atoms with Crippen molar-refractivity contribution in [2.45, 2.75) is 18.6 Å². The molecule has 15 heavy (non-hydrogen) atoms. The van der Waals surface area contributed by atoms with Crippen LogP contribution in [0.2, 0.25) is 10.0 Å². The normalized spacial score (nSPS) is 13.9. The molecule has 0 aliphatic carbocycles. The highest BCUT2D eigenvalue weighted by Gasteiger charge is 2.26. The van der Waals surface area contributed by atoms with Crippen LogP contribution < -0.4 is 0 Å². The van der Waals surface area contributed by atoms with Gasteiger partial charge in [-0.05, 0) is 24.1 Å². The number of halogens is 3. The van der Waals surface area contributed by atoms with Crippen LogP contribution >= 0.6 is 23.2 Å². The third-order valence-corrected chi connectivity index (χ3v) is 3.85. The highest BCUT2D eigenvalue weighted by Crippen LogP contribution is 2.33. The lowest BCUT2D eigenvalue weighted by atomic mass is 10.1. The largest absolute Gasteiger partial charge is 0.309 e. The second kappa shape index (κ2) is 4.68. The van der Waals surface area contributed by atoms with Crippen LogP contribution in [-0.2, 0) is 10.2 Å². The molecule has 0 radical (unpaired) electrons. The van der Waals surface area contributed by atoms with E-state index < -0.39 is 15.5 Å². The summed E-state index contributed by atoms with van der Waals surface area (Å²) in [5, 5.41) is -0.673. The first-order chi connectivity index (χ1) is 6.86. The lowest BCUT2D eigenvalue weighted by Crippen LogP contribution is -2.07. The summed E-state index contributed by atoms with van der Waals surface area (Å²) in [7, 11) is -4.63. The monoisotopic (exact) mass is 270 g/mol. The lowest BCUT2D eigenvalue weighted by molar-refractivity contribution is 0.533. The van der Waals surface area contributed by atoms with Crippen LogP contribution in [0, 0.1) is 0 Å². The molecule has 2 nitrogen and oxygen atoms in total. The van der Waals surface area contributed by atoms with Gasteiger partial charge in [-0.2, -0.15) is 8.42 Å². The Labute approximate surface area is 98.2 Å². The van der Waals surface area contributed by atoms with E-state index >= 15 is 0 Å². The predicted molar refractivity (Wildman–Crippen MR) is 59.5 cm³/mol. The van der Waals surface area contributed by atoms with Gasteiger partial charge < -0.3 is 0 Å². The molecule has 1 atom stereocenters. The fourth-order valence-corrected chi connectivity index (χ4v) is 2.85. The average molecular weight is 271 g/mol. The molecule has 0 aliphatic heterocycles. The first kappa shape index (κ1) is 12.7. The van der Waals surface area contributed by atoms with Crippen LogP contribution in [0.15, 0.2) is 18.2 Å². The van der Waals surface area contributed by atoms with Crippen LogP contribution in [-0.4, -0.2) is 8.42 Å². The second-order valence-electron chi connectivity index (χ2n) is 3.04. The Bertz CT molecular complexity index is 459. The van der Waals surface area contributed by atoms with Crippen molar-refractivity contribution in [1.29, 1.82) is 0 Å².